The Morgan fingerprint density at radius 1 is 1.00 bits per heavy atom. The molecule has 3 aromatic carbocycles. The van der Waals surface area contributed by atoms with Crippen molar-refractivity contribution in [3.05, 3.63) is 65.2 Å². The average Bonchev–Trinajstić information content (AvgIpc) is 2.72. The van der Waals surface area contributed by atoms with Crippen LogP contribution in [0.5, 0.6) is 11.5 Å². The van der Waals surface area contributed by atoms with Crippen LogP contribution in [-0.4, -0.2) is 26.7 Å². The minimum Gasteiger partial charge on any atom is -0.493 e. The molecule has 0 unspecified atom stereocenters. The van der Waals surface area contributed by atoms with Crippen LogP contribution in [0.1, 0.15) is 18.5 Å². The zero-order chi connectivity index (χ0) is 20.1. The standard InChI is InChI=1S/C22H23ClN2O3/c1-14(16-9-8-15-6-4-5-7-17(15)10-16)25-22(26)13-24-19-12-21(28-3)20(27-2)11-18(19)23/h4-12,14,24H,13H2,1-3H3,(H,25,26)/t14-/m0/s1. The van der Waals surface area contributed by atoms with Gasteiger partial charge in [0, 0.05) is 12.1 Å². The minimum atomic E-state index is -0.133. The molecule has 0 aliphatic rings. The number of benzene rings is 3. The molecule has 0 heterocycles. The van der Waals surface area contributed by atoms with Crippen molar-refractivity contribution in [2.75, 3.05) is 26.1 Å². The number of fused-ring (bicyclic) bond motifs is 1. The third-order valence-corrected chi connectivity index (χ3v) is 4.88. The number of carbonyl (C=O) groups is 1. The molecule has 0 spiro atoms. The van der Waals surface area contributed by atoms with E-state index in [1.165, 1.54) is 5.39 Å². The molecule has 0 aliphatic carbocycles. The molecule has 28 heavy (non-hydrogen) atoms. The van der Waals surface area contributed by atoms with Crippen molar-refractivity contribution in [2.24, 2.45) is 0 Å². The van der Waals surface area contributed by atoms with Crippen LogP contribution in [0.15, 0.2) is 54.6 Å². The number of amides is 1. The predicted molar refractivity (Wildman–Crippen MR) is 114 cm³/mol. The first-order valence-corrected chi connectivity index (χ1v) is 9.33. The number of rotatable bonds is 7. The van der Waals surface area contributed by atoms with Crippen molar-refractivity contribution in [2.45, 2.75) is 13.0 Å². The second-order valence-corrected chi connectivity index (χ2v) is 6.84. The van der Waals surface area contributed by atoms with Gasteiger partial charge in [0.1, 0.15) is 0 Å². The zero-order valence-electron chi connectivity index (χ0n) is 16.1. The molecule has 1 amide bonds. The van der Waals surface area contributed by atoms with Gasteiger partial charge in [-0.1, -0.05) is 48.0 Å². The first kappa shape index (κ1) is 19.8. The molecule has 1 atom stereocenters. The Morgan fingerprint density at radius 2 is 1.68 bits per heavy atom. The van der Waals surface area contributed by atoms with Crippen molar-refractivity contribution in [3.8, 4) is 11.5 Å². The Morgan fingerprint density at radius 3 is 2.39 bits per heavy atom. The lowest BCUT2D eigenvalue weighted by Gasteiger charge is -2.17. The highest BCUT2D eigenvalue weighted by Gasteiger charge is 2.13. The first-order chi connectivity index (χ1) is 13.5. The van der Waals surface area contributed by atoms with Crippen LogP contribution in [0.3, 0.4) is 0 Å². The maximum absolute atomic E-state index is 12.4. The van der Waals surface area contributed by atoms with E-state index in [1.54, 1.807) is 26.4 Å². The van der Waals surface area contributed by atoms with Gasteiger partial charge in [-0.05, 0) is 29.3 Å². The van der Waals surface area contributed by atoms with Crippen LogP contribution in [0.2, 0.25) is 5.02 Å². The third kappa shape index (κ3) is 4.49. The van der Waals surface area contributed by atoms with Gasteiger partial charge in [-0.25, -0.2) is 0 Å². The number of anilines is 1. The lowest BCUT2D eigenvalue weighted by atomic mass is 10.0. The largest absolute Gasteiger partial charge is 0.493 e. The molecule has 0 aromatic heterocycles. The Labute approximate surface area is 169 Å². The fourth-order valence-corrected chi connectivity index (χ4v) is 3.24. The highest BCUT2D eigenvalue weighted by Crippen LogP contribution is 2.35. The van der Waals surface area contributed by atoms with Gasteiger partial charge in [0.15, 0.2) is 11.5 Å². The van der Waals surface area contributed by atoms with Crippen LogP contribution < -0.4 is 20.1 Å². The molecule has 3 aromatic rings. The fourth-order valence-electron chi connectivity index (χ4n) is 3.02. The van der Waals surface area contributed by atoms with Gasteiger partial charge in [0.2, 0.25) is 5.91 Å². The van der Waals surface area contributed by atoms with Gasteiger partial charge in [0.25, 0.3) is 0 Å². The number of methoxy groups -OCH3 is 2. The van der Waals surface area contributed by atoms with Crippen LogP contribution in [-0.2, 0) is 4.79 Å². The van der Waals surface area contributed by atoms with Gasteiger partial charge in [0.05, 0.1) is 37.5 Å². The molecule has 2 N–H and O–H groups in total. The van der Waals surface area contributed by atoms with E-state index in [0.29, 0.717) is 22.2 Å². The average molecular weight is 399 g/mol. The molecule has 0 fully saturated rings. The number of hydrogen-bond donors (Lipinski definition) is 2. The zero-order valence-corrected chi connectivity index (χ0v) is 16.8. The normalized spacial score (nSPS) is 11.7. The molecule has 0 saturated carbocycles. The summed E-state index contributed by atoms with van der Waals surface area (Å²) in [6, 6.07) is 17.6. The Kier molecular flexibility index (Phi) is 6.26. The topological polar surface area (TPSA) is 59.6 Å². The summed E-state index contributed by atoms with van der Waals surface area (Å²) in [6.45, 7) is 2.05. The lowest BCUT2D eigenvalue weighted by molar-refractivity contribution is -0.120. The van der Waals surface area contributed by atoms with Crippen molar-refractivity contribution in [1.82, 2.24) is 5.32 Å². The number of carbonyl (C=O) groups excluding carboxylic acids is 1. The highest BCUT2D eigenvalue weighted by atomic mass is 35.5. The quantitative estimate of drug-likeness (QED) is 0.600. The van der Waals surface area contributed by atoms with Crippen molar-refractivity contribution >= 4 is 34.0 Å². The summed E-state index contributed by atoms with van der Waals surface area (Å²) >= 11 is 6.25. The molecule has 0 bridgehead atoms. The molecule has 146 valence electrons. The van der Waals surface area contributed by atoms with Crippen molar-refractivity contribution in [3.63, 3.8) is 0 Å². The van der Waals surface area contributed by atoms with Gasteiger partial charge < -0.3 is 20.1 Å². The van der Waals surface area contributed by atoms with E-state index < -0.39 is 0 Å². The molecular weight excluding hydrogens is 376 g/mol. The van der Waals surface area contributed by atoms with Crippen molar-refractivity contribution in [1.29, 1.82) is 0 Å². The summed E-state index contributed by atoms with van der Waals surface area (Å²) in [5.41, 5.74) is 1.66. The number of nitrogens with one attached hydrogen (secondary N) is 2. The Bertz CT molecular complexity index is 991. The Balaban J connectivity index is 1.63. The monoisotopic (exact) mass is 398 g/mol. The number of hydrogen-bond acceptors (Lipinski definition) is 4. The SMILES string of the molecule is COc1cc(Cl)c(NCC(=O)N[C@@H](C)c2ccc3ccccc3c2)cc1OC. The van der Waals surface area contributed by atoms with Gasteiger partial charge in [-0.3, -0.25) is 4.79 Å². The summed E-state index contributed by atoms with van der Waals surface area (Å²) in [5.74, 6) is 0.943. The molecule has 3 rings (SSSR count). The summed E-state index contributed by atoms with van der Waals surface area (Å²) < 4.78 is 10.5. The van der Waals surface area contributed by atoms with Crippen LogP contribution in [0.4, 0.5) is 5.69 Å². The number of halogens is 1. The van der Waals surface area contributed by atoms with Crippen LogP contribution in [0.25, 0.3) is 10.8 Å². The predicted octanol–water partition coefficient (Wildman–Crippen LogP) is 4.80. The minimum absolute atomic E-state index is 0.0904. The van der Waals surface area contributed by atoms with Crippen LogP contribution in [0, 0.1) is 0 Å². The van der Waals surface area contributed by atoms with E-state index in [1.807, 2.05) is 25.1 Å². The van der Waals surface area contributed by atoms with E-state index in [4.69, 9.17) is 21.1 Å². The lowest BCUT2D eigenvalue weighted by Crippen LogP contribution is -2.32. The smallest absolute Gasteiger partial charge is 0.239 e. The van der Waals surface area contributed by atoms with E-state index in [2.05, 4.69) is 34.9 Å². The summed E-state index contributed by atoms with van der Waals surface area (Å²) in [7, 11) is 3.09. The van der Waals surface area contributed by atoms with Crippen LogP contribution >= 0.6 is 11.6 Å². The third-order valence-electron chi connectivity index (χ3n) is 4.56. The molecule has 6 heteroatoms. The molecular formula is C22H23ClN2O3. The van der Waals surface area contributed by atoms with E-state index >= 15 is 0 Å². The first-order valence-electron chi connectivity index (χ1n) is 8.95. The van der Waals surface area contributed by atoms with Gasteiger partial charge in [-0.2, -0.15) is 0 Å². The Hall–Kier alpha value is -2.92. The van der Waals surface area contributed by atoms with E-state index in [-0.39, 0.29) is 18.5 Å². The maximum Gasteiger partial charge on any atom is 0.239 e. The summed E-state index contributed by atoms with van der Waals surface area (Å²) in [5, 5.41) is 8.82. The fraction of sp³-hybridized carbons (Fsp3) is 0.227. The number of ether oxygens (including phenoxy) is 2. The molecule has 5 nitrogen and oxygen atoms in total. The van der Waals surface area contributed by atoms with E-state index in [9.17, 15) is 4.79 Å². The van der Waals surface area contributed by atoms with Gasteiger partial charge >= 0.3 is 0 Å². The van der Waals surface area contributed by atoms with Crippen molar-refractivity contribution < 1.29 is 14.3 Å². The summed E-state index contributed by atoms with van der Waals surface area (Å²) in [6.07, 6.45) is 0. The van der Waals surface area contributed by atoms with E-state index in [0.717, 1.165) is 10.9 Å². The molecule has 0 saturated heterocycles. The van der Waals surface area contributed by atoms with Gasteiger partial charge in [-0.15, -0.1) is 0 Å². The summed E-state index contributed by atoms with van der Waals surface area (Å²) in [4.78, 5) is 12.4. The molecule has 0 radical (unpaired) electrons. The second kappa shape index (κ2) is 8.85. The second-order valence-electron chi connectivity index (χ2n) is 6.44. The highest BCUT2D eigenvalue weighted by molar-refractivity contribution is 6.33. The maximum atomic E-state index is 12.4. The molecule has 0 aliphatic heterocycles.